The second kappa shape index (κ2) is 4.90. The molecule has 1 unspecified atom stereocenters. The van der Waals surface area contributed by atoms with Gasteiger partial charge in [-0.2, -0.15) is 5.26 Å². The molecule has 1 aromatic heterocycles. The van der Waals surface area contributed by atoms with E-state index in [4.69, 9.17) is 16.9 Å². The van der Waals surface area contributed by atoms with Gasteiger partial charge in [-0.3, -0.25) is 4.79 Å². The summed E-state index contributed by atoms with van der Waals surface area (Å²) in [6.07, 6.45) is 2.25. The van der Waals surface area contributed by atoms with Crippen LogP contribution in [0.15, 0.2) is 12.3 Å². The van der Waals surface area contributed by atoms with E-state index in [0.717, 1.165) is 5.56 Å². The van der Waals surface area contributed by atoms with E-state index in [0.29, 0.717) is 11.4 Å². The molecule has 0 radical (unpaired) electrons. The van der Waals surface area contributed by atoms with Gasteiger partial charge in [-0.1, -0.05) is 18.5 Å². The van der Waals surface area contributed by atoms with Gasteiger partial charge in [0.05, 0.1) is 5.02 Å². The van der Waals surface area contributed by atoms with Crippen molar-refractivity contribution in [2.24, 2.45) is 0 Å². The average molecular weight is 223 g/mol. The minimum Gasteiger partial charge on any atom is -0.299 e. The molecule has 0 aliphatic heterocycles. The fraction of sp³-hybridized carbons (Fsp3) is 0.364. The first-order valence-electron chi connectivity index (χ1n) is 4.66. The number of carbonyl (C=O) groups is 1. The molecule has 0 aliphatic rings. The van der Waals surface area contributed by atoms with E-state index in [1.807, 2.05) is 13.0 Å². The molecule has 0 aromatic carbocycles. The van der Waals surface area contributed by atoms with Crippen LogP contribution in [0.2, 0.25) is 5.02 Å². The number of pyridine rings is 1. The van der Waals surface area contributed by atoms with Crippen LogP contribution in [0.4, 0.5) is 0 Å². The Balaban J connectivity index is 3.12. The van der Waals surface area contributed by atoms with E-state index in [-0.39, 0.29) is 17.4 Å². The van der Waals surface area contributed by atoms with Crippen LogP contribution in [0.5, 0.6) is 0 Å². The number of rotatable bonds is 3. The molecule has 0 aliphatic carbocycles. The van der Waals surface area contributed by atoms with Gasteiger partial charge in [0.2, 0.25) is 0 Å². The summed E-state index contributed by atoms with van der Waals surface area (Å²) < 4.78 is 0. The van der Waals surface area contributed by atoms with E-state index >= 15 is 0 Å². The Bertz CT molecular complexity index is 423. The van der Waals surface area contributed by atoms with Crippen molar-refractivity contribution < 1.29 is 4.79 Å². The van der Waals surface area contributed by atoms with Gasteiger partial charge in [-0.15, -0.1) is 0 Å². The first-order chi connectivity index (χ1) is 7.10. The van der Waals surface area contributed by atoms with Gasteiger partial charge < -0.3 is 0 Å². The quantitative estimate of drug-likeness (QED) is 0.790. The van der Waals surface area contributed by atoms with Gasteiger partial charge >= 0.3 is 0 Å². The minimum absolute atomic E-state index is 0.0834. The monoisotopic (exact) mass is 222 g/mol. The summed E-state index contributed by atoms with van der Waals surface area (Å²) in [4.78, 5) is 15.2. The van der Waals surface area contributed by atoms with Crippen molar-refractivity contribution in [3.8, 4) is 6.07 Å². The molecule has 0 fully saturated rings. The smallest absolute Gasteiger partial charge is 0.159 e. The zero-order valence-corrected chi connectivity index (χ0v) is 9.38. The number of nitriles is 1. The van der Waals surface area contributed by atoms with Crippen molar-refractivity contribution in [2.75, 3.05) is 0 Å². The molecule has 3 nitrogen and oxygen atoms in total. The van der Waals surface area contributed by atoms with Crippen molar-refractivity contribution in [3.63, 3.8) is 0 Å². The Morgan fingerprint density at radius 1 is 1.73 bits per heavy atom. The van der Waals surface area contributed by atoms with Crippen LogP contribution in [0, 0.1) is 11.3 Å². The molecule has 0 saturated heterocycles. The first kappa shape index (κ1) is 11.7. The molecule has 4 heteroatoms. The van der Waals surface area contributed by atoms with Gasteiger partial charge in [-0.25, -0.2) is 4.98 Å². The highest BCUT2D eigenvalue weighted by Crippen LogP contribution is 2.23. The standard InChI is InChI=1S/C11H11ClN2O/c1-3-9(7(2)15)8-4-10(12)11(5-13)14-6-8/h4,6,9H,3H2,1-2H3. The topological polar surface area (TPSA) is 53.8 Å². The number of hydrogen-bond donors (Lipinski definition) is 0. The average Bonchev–Trinajstić information content (AvgIpc) is 2.18. The maximum atomic E-state index is 11.3. The molecule has 0 spiro atoms. The lowest BCUT2D eigenvalue weighted by molar-refractivity contribution is -0.118. The summed E-state index contributed by atoms with van der Waals surface area (Å²) in [5, 5.41) is 8.95. The molecule has 0 bridgehead atoms. The molecular formula is C11H11ClN2O. The van der Waals surface area contributed by atoms with E-state index in [2.05, 4.69) is 4.98 Å². The number of Topliss-reactive ketones (excluding diaryl/α,β-unsaturated/α-hetero) is 1. The van der Waals surface area contributed by atoms with Crippen molar-refractivity contribution >= 4 is 17.4 Å². The van der Waals surface area contributed by atoms with Crippen LogP contribution >= 0.6 is 11.6 Å². The van der Waals surface area contributed by atoms with Gasteiger partial charge in [0.1, 0.15) is 11.9 Å². The molecular weight excluding hydrogens is 212 g/mol. The van der Waals surface area contributed by atoms with Gasteiger partial charge in [0.15, 0.2) is 5.69 Å². The molecule has 78 valence electrons. The number of ketones is 1. The highest BCUT2D eigenvalue weighted by Gasteiger charge is 2.16. The predicted octanol–water partition coefficient (Wildman–Crippen LogP) is 2.69. The van der Waals surface area contributed by atoms with Crippen molar-refractivity contribution in [1.82, 2.24) is 4.98 Å². The van der Waals surface area contributed by atoms with E-state index in [1.165, 1.54) is 0 Å². The van der Waals surface area contributed by atoms with E-state index in [1.54, 1.807) is 19.2 Å². The zero-order valence-electron chi connectivity index (χ0n) is 8.62. The third-order valence-electron chi connectivity index (χ3n) is 2.27. The summed E-state index contributed by atoms with van der Waals surface area (Å²) in [6.45, 7) is 3.47. The summed E-state index contributed by atoms with van der Waals surface area (Å²) in [7, 11) is 0. The largest absolute Gasteiger partial charge is 0.299 e. The second-order valence-electron chi connectivity index (χ2n) is 3.28. The Hall–Kier alpha value is -1.40. The number of hydrogen-bond acceptors (Lipinski definition) is 3. The van der Waals surface area contributed by atoms with Crippen LogP contribution in [0.25, 0.3) is 0 Å². The van der Waals surface area contributed by atoms with Crippen LogP contribution in [-0.2, 0) is 4.79 Å². The SMILES string of the molecule is CCC(C(C)=O)c1cnc(C#N)c(Cl)c1. The molecule has 1 aromatic rings. The molecule has 1 rings (SSSR count). The van der Waals surface area contributed by atoms with Crippen molar-refractivity contribution in [2.45, 2.75) is 26.2 Å². The lowest BCUT2D eigenvalue weighted by Crippen LogP contribution is -2.08. The Labute approximate surface area is 93.7 Å². The van der Waals surface area contributed by atoms with E-state index < -0.39 is 0 Å². The third-order valence-corrected chi connectivity index (χ3v) is 2.56. The third kappa shape index (κ3) is 2.54. The first-order valence-corrected chi connectivity index (χ1v) is 5.04. The Morgan fingerprint density at radius 3 is 2.80 bits per heavy atom. The van der Waals surface area contributed by atoms with Crippen molar-refractivity contribution in [3.05, 3.63) is 28.5 Å². The van der Waals surface area contributed by atoms with Crippen LogP contribution in [-0.4, -0.2) is 10.8 Å². The molecule has 15 heavy (non-hydrogen) atoms. The maximum Gasteiger partial charge on any atom is 0.159 e. The number of halogens is 1. The fourth-order valence-corrected chi connectivity index (χ4v) is 1.70. The highest BCUT2D eigenvalue weighted by atomic mass is 35.5. The predicted molar refractivity (Wildman–Crippen MR) is 57.7 cm³/mol. The maximum absolute atomic E-state index is 11.3. The zero-order chi connectivity index (χ0) is 11.4. The summed E-state index contributed by atoms with van der Waals surface area (Å²) >= 11 is 5.84. The molecule has 1 heterocycles. The lowest BCUT2D eigenvalue weighted by Gasteiger charge is -2.11. The molecule has 1 atom stereocenters. The molecule has 0 amide bonds. The highest BCUT2D eigenvalue weighted by molar-refractivity contribution is 6.31. The van der Waals surface area contributed by atoms with Gasteiger partial charge in [0, 0.05) is 12.1 Å². The Kier molecular flexibility index (Phi) is 3.81. The van der Waals surface area contributed by atoms with Crippen LogP contribution < -0.4 is 0 Å². The minimum atomic E-state index is -0.178. The molecule has 0 saturated carbocycles. The van der Waals surface area contributed by atoms with Crippen LogP contribution in [0.3, 0.4) is 0 Å². The van der Waals surface area contributed by atoms with E-state index in [9.17, 15) is 4.79 Å². The van der Waals surface area contributed by atoms with Gasteiger partial charge in [0.25, 0.3) is 0 Å². The van der Waals surface area contributed by atoms with Gasteiger partial charge in [-0.05, 0) is 25.0 Å². The lowest BCUT2D eigenvalue weighted by atomic mass is 9.94. The Morgan fingerprint density at radius 2 is 2.40 bits per heavy atom. The fourth-order valence-electron chi connectivity index (χ4n) is 1.48. The number of nitrogens with zero attached hydrogens (tertiary/aromatic N) is 2. The molecule has 0 N–H and O–H groups in total. The summed E-state index contributed by atoms with van der Waals surface area (Å²) in [6, 6.07) is 3.52. The summed E-state index contributed by atoms with van der Waals surface area (Å²) in [5.74, 6) is -0.0946. The normalized spacial score (nSPS) is 11.9. The number of carbonyl (C=O) groups excluding carboxylic acids is 1. The van der Waals surface area contributed by atoms with Crippen molar-refractivity contribution in [1.29, 1.82) is 5.26 Å². The second-order valence-corrected chi connectivity index (χ2v) is 3.69. The number of aromatic nitrogens is 1. The van der Waals surface area contributed by atoms with Crippen LogP contribution in [0.1, 0.15) is 37.4 Å². The summed E-state index contributed by atoms with van der Waals surface area (Å²) in [5.41, 5.74) is 0.966.